The average Bonchev–Trinajstić information content (AvgIpc) is 3.29. The topological polar surface area (TPSA) is 58.2 Å². The summed E-state index contributed by atoms with van der Waals surface area (Å²) >= 11 is 0. The van der Waals surface area contributed by atoms with Gasteiger partial charge in [-0.25, -0.2) is 4.39 Å². The first-order chi connectivity index (χ1) is 16.4. The summed E-state index contributed by atoms with van der Waals surface area (Å²) in [7, 11) is 0. The standard InChI is InChI=1S/C24H19F7N2O2/c25-18-9-6-13(11-17(18)23(26,27)28)32-21(34)19-14-7-8-15(20(19)33-22(35)24(29,30)31)16(14)10-12-4-2-1-3-5-12/h1-6,9-11,14-15,19-20H,7-8H2,(H,32,34)(H,33,35)/t14?,15?,19-,20?/m0/s1. The minimum Gasteiger partial charge on any atom is -0.344 e. The van der Waals surface area contributed by atoms with E-state index in [1.807, 2.05) is 5.32 Å². The Morgan fingerprint density at radius 3 is 2.20 bits per heavy atom. The highest BCUT2D eigenvalue weighted by Gasteiger charge is 2.56. The Kier molecular flexibility index (Phi) is 6.37. The second-order valence-electron chi connectivity index (χ2n) is 8.55. The molecule has 2 aliphatic rings. The zero-order valence-electron chi connectivity index (χ0n) is 17.9. The quantitative estimate of drug-likeness (QED) is 0.540. The Balaban J connectivity index is 1.66. The zero-order chi connectivity index (χ0) is 25.5. The van der Waals surface area contributed by atoms with Crippen molar-refractivity contribution in [3.63, 3.8) is 0 Å². The van der Waals surface area contributed by atoms with Crippen molar-refractivity contribution in [1.29, 1.82) is 0 Å². The normalized spacial score (nSPS) is 25.1. The number of amides is 2. The van der Waals surface area contributed by atoms with Crippen LogP contribution in [0.4, 0.5) is 36.4 Å². The van der Waals surface area contributed by atoms with Crippen molar-refractivity contribution in [2.75, 3.05) is 5.32 Å². The molecule has 4 nitrogen and oxygen atoms in total. The fourth-order valence-electron chi connectivity index (χ4n) is 5.01. The summed E-state index contributed by atoms with van der Waals surface area (Å²) < 4.78 is 91.7. The van der Waals surface area contributed by atoms with Crippen molar-refractivity contribution in [3.8, 4) is 0 Å². The third-order valence-electron chi connectivity index (χ3n) is 6.43. The first-order valence-corrected chi connectivity index (χ1v) is 10.7. The monoisotopic (exact) mass is 500 g/mol. The molecule has 2 N–H and O–H groups in total. The second-order valence-corrected chi connectivity index (χ2v) is 8.55. The van der Waals surface area contributed by atoms with Crippen LogP contribution in [0.25, 0.3) is 6.08 Å². The van der Waals surface area contributed by atoms with Crippen molar-refractivity contribution >= 4 is 23.6 Å². The van der Waals surface area contributed by atoms with Gasteiger partial charge in [0.2, 0.25) is 5.91 Å². The summed E-state index contributed by atoms with van der Waals surface area (Å²) in [6.45, 7) is 0. The molecule has 2 aromatic carbocycles. The van der Waals surface area contributed by atoms with Gasteiger partial charge < -0.3 is 10.6 Å². The van der Waals surface area contributed by atoms with Crippen LogP contribution in [-0.4, -0.2) is 24.0 Å². The average molecular weight is 500 g/mol. The molecule has 0 saturated heterocycles. The van der Waals surface area contributed by atoms with E-state index in [1.54, 1.807) is 36.4 Å². The van der Waals surface area contributed by atoms with Crippen molar-refractivity contribution < 1.29 is 40.3 Å². The van der Waals surface area contributed by atoms with Crippen LogP contribution in [0.3, 0.4) is 0 Å². The Labute approximate surface area is 195 Å². The van der Waals surface area contributed by atoms with Crippen LogP contribution in [0, 0.1) is 23.6 Å². The summed E-state index contributed by atoms with van der Waals surface area (Å²) in [4.78, 5) is 24.9. The number of benzene rings is 2. The van der Waals surface area contributed by atoms with Gasteiger partial charge in [-0.1, -0.05) is 42.0 Å². The Morgan fingerprint density at radius 1 is 0.914 bits per heavy atom. The Bertz CT molecular complexity index is 1160. The molecule has 2 amide bonds. The van der Waals surface area contributed by atoms with Gasteiger partial charge >= 0.3 is 18.3 Å². The molecule has 11 heteroatoms. The van der Waals surface area contributed by atoms with E-state index in [0.717, 1.165) is 11.6 Å². The SMILES string of the molecule is O=C(Nc1ccc(F)c(C(F)(F)F)c1)[C@H]1C2CCC(C2=Cc2ccccc2)C1NC(=O)C(F)(F)F. The third-order valence-corrected chi connectivity index (χ3v) is 6.43. The van der Waals surface area contributed by atoms with Gasteiger partial charge in [0.1, 0.15) is 5.82 Å². The van der Waals surface area contributed by atoms with E-state index in [1.165, 1.54) is 0 Å². The van der Waals surface area contributed by atoms with E-state index in [9.17, 15) is 40.3 Å². The summed E-state index contributed by atoms with van der Waals surface area (Å²) in [6, 6.07) is 9.56. The first-order valence-electron chi connectivity index (χ1n) is 10.7. The molecule has 0 heterocycles. The predicted octanol–water partition coefficient (Wildman–Crippen LogP) is 5.57. The van der Waals surface area contributed by atoms with Crippen LogP contribution in [0.5, 0.6) is 0 Å². The van der Waals surface area contributed by atoms with Crippen LogP contribution >= 0.6 is 0 Å². The van der Waals surface area contributed by atoms with Crippen molar-refractivity contribution in [2.45, 2.75) is 31.2 Å². The molecule has 2 bridgehead atoms. The maximum atomic E-state index is 13.6. The van der Waals surface area contributed by atoms with E-state index < -0.39 is 59.3 Å². The molecule has 2 aliphatic carbocycles. The summed E-state index contributed by atoms with van der Waals surface area (Å²) in [6.07, 6.45) is -7.53. The Morgan fingerprint density at radius 2 is 1.57 bits per heavy atom. The predicted molar refractivity (Wildman–Crippen MR) is 112 cm³/mol. The zero-order valence-corrected chi connectivity index (χ0v) is 17.9. The van der Waals surface area contributed by atoms with E-state index in [0.29, 0.717) is 30.5 Å². The van der Waals surface area contributed by atoms with Gasteiger partial charge in [0.05, 0.1) is 11.5 Å². The molecule has 4 atom stereocenters. The lowest BCUT2D eigenvalue weighted by atomic mass is 9.83. The van der Waals surface area contributed by atoms with E-state index in [4.69, 9.17) is 0 Å². The van der Waals surface area contributed by atoms with Gasteiger partial charge in [0.25, 0.3) is 0 Å². The minimum absolute atomic E-state index is 0.360. The van der Waals surface area contributed by atoms with Crippen LogP contribution < -0.4 is 10.6 Å². The van der Waals surface area contributed by atoms with E-state index >= 15 is 0 Å². The lowest BCUT2D eigenvalue weighted by Gasteiger charge is -2.30. The molecule has 186 valence electrons. The van der Waals surface area contributed by atoms with Gasteiger partial charge in [-0.15, -0.1) is 0 Å². The van der Waals surface area contributed by atoms with Crippen molar-refractivity contribution in [2.24, 2.45) is 17.8 Å². The van der Waals surface area contributed by atoms with Crippen molar-refractivity contribution in [3.05, 3.63) is 71.0 Å². The van der Waals surface area contributed by atoms with Crippen LogP contribution in [0.15, 0.2) is 54.1 Å². The van der Waals surface area contributed by atoms with E-state index in [-0.39, 0.29) is 5.69 Å². The van der Waals surface area contributed by atoms with Gasteiger partial charge in [-0.2, -0.15) is 26.3 Å². The number of rotatable bonds is 4. The lowest BCUT2D eigenvalue weighted by molar-refractivity contribution is -0.175. The Hall–Kier alpha value is -3.37. The van der Waals surface area contributed by atoms with Gasteiger partial charge in [0, 0.05) is 17.6 Å². The fourth-order valence-corrected chi connectivity index (χ4v) is 5.01. The number of anilines is 1. The molecule has 0 aromatic heterocycles. The number of fused-ring (bicyclic) bond motifs is 2. The van der Waals surface area contributed by atoms with Gasteiger partial charge in [0.15, 0.2) is 0 Å². The third kappa shape index (κ3) is 5.03. The largest absolute Gasteiger partial charge is 0.471 e. The second kappa shape index (κ2) is 9.01. The smallest absolute Gasteiger partial charge is 0.344 e. The van der Waals surface area contributed by atoms with Gasteiger partial charge in [-0.05, 0) is 42.5 Å². The molecular formula is C24H19F7N2O2. The molecule has 0 aliphatic heterocycles. The van der Waals surface area contributed by atoms with Crippen LogP contribution in [0.2, 0.25) is 0 Å². The number of alkyl halides is 6. The molecule has 2 fully saturated rings. The lowest BCUT2D eigenvalue weighted by Crippen LogP contribution is -2.51. The maximum Gasteiger partial charge on any atom is 0.471 e. The molecule has 0 spiro atoms. The summed E-state index contributed by atoms with van der Waals surface area (Å²) in [5.74, 6) is -6.83. The highest BCUT2D eigenvalue weighted by Crippen LogP contribution is 2.53. The number of nitrogens with one attached hydrogen (secondary N) is 2. The number of hydrogen-bond acceptors (Lipinski definition) is 2. The first kappa shape index (κ1) is 24.7. The minimum atomic E-state index is -5.18. The highest BCUT2D eigenvalue weighted by molar-refractivity contribution is 5.95. The van der Waals surface area contributed by atoms with Crippen LogP contribution in [0.1, 0.15) is 24.0 Å². The molecule has 4 rings (SSSR count). The fraction of sp³-hybridized carbons (Fsp3) is 0.333. The highest BCUT2D eigenvalue weighted by atomic mass is 19.4. The summed E-state index contributed by atoms with van der Waals surface area (Å²) in [5, 5.41) is 4.19. The number of carbonyl (C=O) groups is 2. The molecule has 0 radical (unpaired) electrons. The molecule has 3 unspecified atom stereocenters. The molecule has 2 aromatic rings. The number of halogens is 7. The summed E-state index contributed by atoms with van der Waals surface area (Å²) in [5.41, 5.74) is -0.496. The molecule has 35 heavy (non-hydrogen) atoms. The van der Waals surface area contributed by atoms with Crippen LogP contribution in [-0.2, 0) is 15.8 Å². The molecule has 2 saturated carbocycles. The number of carbonyl (C=O) groups excluding carboxylic acids is 2. The van der Waals surface area contributed by atoms with Crippen molar-refractivity contribution in [1.82, 2.24) is 5.32 Å². The van der Waals surface area contributed by atoms with Gasteiger partial charge in [-0.3, -0.25) is 9.59 Å². The maximum absolute atomic E-state index is 13.6. The molecular weight excluding hydrogens is 481 g/mol. The van der Waals surface area contributed by atoms with E-state index in [2.05, 4.69) is 5.32 Å². The number of hydrogen-bond donors (Lipinski definition) is 2.